The lowest BCUT2D eigenvalue weighted by Crippen LogP contribution is -2.37. The Morgan fingerprint density at radius 3 is 2.45 bits per heavy atom. The molecule has 0 aliphatic carbocycles. The van der Waals surface area contributed by atoms with Crippen molar-refractivity contribution in [2.45, 2.75) is 58.7 Å². The van der Waals surface area contributed by atoms with Crippen LogP contribution in [0.2, 0.25) is 0 Å². The third-order valence-electron chi connectivity index (χ3n) is 5.55. The molecule has 1 aliphatic heterocycles. The van der Waals surface area contributed by atoms with Crippen molar-refractivity contribution in [2.75, 3.05) is 11.9 Å². The molecule has 2 N–H and O–H groups in total. The van der Waals surface area contributed by atoms with Crippen LogP contribution in [-0.2, 0) is 29.1 Å². The normalized spacial score (nSPS) is 17.0. The second-order valence-electron chi connectivity index (χ2n) is 7.92. The van der Waals surface area contributed by atoms with E-state index in [-0.39, 0.29) is 11.8 Å². The summed E-state index contributed by atoms with van der Waals surface area (Å²) in [6.45, 7) is 6.42. The molecule has 1 atom stereocenters. The minimum atomic E-state index is -0.104. The topological polar surface area (TPSA) is 61.4 Å². The molecule has 154 valence electrons. The van der Waals surface area contributed by atoms with E-state index in [1.807, 2.05) is 30.3 Å². The summed E-state index contributed by atoms with van der Waals surface area (Å²) < 4.78 is 0. The van der Waals surface area contributed by atoms with Gasteiger partial charge in [0.25, 0.3) is 0 Å². The minimum absolute atomic E-state index is 0.00146. The average molecular weight is 394 g/mol. The maximum absolute atomic E-state index is 12.4. The molecule has 2 aromatic carbocycles. The fourth-order valence-corrected chi connectivity index (χ4v) is 3.85. The van der Waals surface area contributed by atoms with Crippen molar-refractivity contribution in [1.82, 2.24) is 10.2 Å². The molecule has 3 rings (SSSR count). The molecule has 0 unspecified atom stereocenters. The van der Waals surface area contributed by atoms with Crippen LogP contribution in [-0.4, -0.2) is 29.3 Å². The highest BCUT2D eigenvalue weighted by Crippen LogP contribution is 2.21. The first-order chi connectivity index (χ1) is 14.0. The second-order valence-corrected chi connectivity index (χ2v) is 7.92. The van der Waals surface area contributed by atoms with Crippen molar-refractivity contribution >= 4 is 17.5 Å². The van der Waals surface area contributed by atoms with Gasteiger partial charge in [-0.1, -0.05) is 42.8 Å². The van der Waals surface area contributed by atoms with Gasteiger partial charge in [-0.2, -0.15) is 0 Å². The summed E-state index contributed by atoms with van der Waals surface area (Å²) >= 11 is 0. The van der Waals surface area contributed by atoms with Gasteiger partial charge in [0.05, 0.1) is 6.42 Å². The molecule has 5 nitrogen and oxygen atoms in total. The molecule has 1 aliphatic rings. The van der Waals surface area contributed by atoms with E-state index >= 15 is 0 Å². The maximum Gasteiger partial charge on any atom is 0.224 e. The number of hydrogen-bond donors (Lipinski definition) is 2. The van der Waals surface area contributed by atoms with Crippen LogP contribution in [0, 0.1) is 0 Å². The summed E-state index contributed by atoms with van der Waals surface area (Å²) in [4.78, 5) is 26.0. The number of nitrogens with one attached hydrogen (secondary N) is 2. The van der Waals surface area contributed by atoms with E-state index in [9.17, 15) is 9.59 Å². The highest BCUT2D eigenvalue weighted by Gasteiger charge is 2.19. The predicted octanol–water partition coefficient (Wildman–Crippen LogP) is 3.88. The number of amides is 2. The molecular formula is C24H31N3O2. The molecule has 1 saturated heterocycles. The quantitative estimate of drug-likeness (QED) is 0.750. The molecule has 2 aromatic rings. The van der Waals surface area contributed by atoms with Crippen molar-refractivity contribution in [2.24, 2.45) is 0 Å². The SMILES string of the molecule is CC(=O)Nc1ccc(CC(=O)NCc2ccccc2CN2CCCC[C@@H]2C)cc1. The maximum atomic E-state index is 12.4. The molecule has 29 heavy (non-hydrogen) atoms. The van der Waals surface area contributed by atoms with Gasteiger partial charge >= 0.3 is 0 Å². The first-order valence-electron chi connectivity index (χ1n) is 10.5. The molecule has 0 spiro atoms. The number of anilines is 1. The smallest absolute Gasteiger partial charge is 0.224 e. The van der Waals surface area contributed by atoms with E-state index in [1.54, 1.807) is 0 Å². The summed E-state index contributed by atoms with van der Waals surface area (Å²) in [5.41, 5.74) is 4.13. The first kappa shape index (κ1) is 21.1. The number of carbonyl (C=O) groups excluding carboxylic acids is 2. The van der Waals surface area contributed by atoms with Crippen molar-refractivity contribution in [3.8, 4) is 0 Å². The van der Waals surface area contributed by atoms with Crippen LogP contribution in [0.3, 0.4) is 0 Å². The molecule has 0 radical (unpaired) electrons. The highest BCUT2D eigenvalue weighted by atomic mass is 16.2. The average Bonchev–Trinajstić information content (AvgIpc) is 2.70. The van der Waals surface area contributed by atoms with Gasteiger partial charge in [-0.15, -0.1) is 0 Å². The molecule has 0 saturated carbocycles. The largest absolute Gasteiger partial charge is 0.352 e. The third kappa shape index (κ3) is 6.43. The van der Waals surface area contributed by atoms with Gasteiger partial charge in [0.15, 0.2) is 0 Å². The molecule has 1 heterocycles. The van der Waals surface area contributed by atoms with Crippen molar-refractivity contribution in [1.29, 1.82) is 0 Å². The number of piperidine rings is 1. The molecule has 2 amide bonds. The monoisotopic (exact) mass is 393 g/mol. The van der Waals surface area contributed by atoms with Crippen LogP contribution in [0.15, 0.2) is 48.5 Å². The van der Waals surface area contributed by atoms with Gasteiger partial charge in [0.1, 0.15) is 0 Å². The van der Waals surface area contributed by atoms with E-state index in [4.69, 9.17) is 0 Å². The summed E-state index contributed by atoms with van der Waals surface area (Å²) in [5, 5.41) is 5.79. The minimum Gasteiger partial charge on any atom is -0.352 e. The molecule has 5 heteroatoms. The summed E-state index contributed by atoms with van der Waals surface area (Å²) in [5.74, 6) is -0.105. The molecular weight excluding hydrogens is 362 g/mol. The highest BCUT2D eigenvalue weighted by molar-refractivity contribution is 5.88. The number of hydrogen-bond acceptors (Lipinski definition) is 3. The summed E-state index contributed by atoms with van der Waals surface area (Å²) in [6, 6.07) is 16.4. The van der Waals surface area contributed by atoms with Gasteiger partial charge in [-0.25, -0.2) is 0 Å². The van der Waals surface area contributed by atoms with Gasteiger partial charge in [-0.05, 0) is 55.1 Å². The second kappa shape index (κ2) is 10.2. The van der Waals surface area contributed by atoms with E-state index in [0.717, 1.165) is 24.3 Å². The standard InChI is InChI=1S/C24H31N3O2/c1-18-7-5-6-14-27(18)17-22-9-4-3-8-21(22)16-25-24(29)15-20-10-12-23(13-11-20)26-19(2)28/h3-4,8-13,18H,5-7,14-17H2,1-2H3,(H,25,29)(H,26,28)/t18-/m0/s1. The number of rotatable bonds is 7. The number of carbonyl (C=O) groups is 2. The van der Waals surface area contributed by atoms with Gasteiger partial charge < -0.3 is 10.6 Å². The number of likely N-dealkylation sites (tertiary alicyclic amines) is 1. The number of benzene rings is 2. The van der Waals surface area contributed by atoms with Crippen LogP contribution in [0.1, 0.15) is 49.8 Å². The molecule has 0 bridgehead atoms. The van der Waals surface area contributed by atoms with E-state index in [2.05, 4.69) is 40.7 Å². The van der Waals surface area contributed by atoms with Gasteiger partial charge in [0.2, 0.25) is 11.8 Å². The zero-order chi connectivity index (χ0) is 20.6. The van der Waals surface area contributed by atoms with Crippen LogP contribution in [0.5, 0.6) is 0 Å². The Hall–Kier alpha value is -2.66. The zero-order valence-electron chi connectivity index (χ0n) is 17.4. The lowest BCUT2D eigenvalue weighted by atomic mass is 10.0. The third-order valence-corrected chi connectivity index (χ3v) is 5.55. The fourth-order valence-electron chi connectivity index (χ4n) is 3.85. The fraction of sp³-hybridized carbons (Fsp3) is 0.417. The Kier molecular flexibility index (Phi) is 7.42. The van der Waals surface area contributed by atoms with E-state index < -0.39 is 0 Å². The van der Waals surface area contributed by atoms with Crippen LogP contribution in [0.4, 0.5) is 5.69 Å². The van der Waals surface area contributed by atoms with Crippen molar-refractivity contribution in [3.05, 3.63) is 65.2 Å². The summed E-state index contributed by atoms with van der Waals surface area (Å²) in [6.07, 6.45) is 4.18. The Bertz CT molecular complexity index is 832. The lowest BCUT2D eigenvalue weighted by molar-refractivity contribution is -0.120. The van der Waals surface area contributed by atoms with Crippen LogP contribution in [0.25, 0.3) is 0 Å². The Morgan fingerprint density at radius 2 is 1.76 bits per heavy atom. The predicted molar refractivity (Wildman–Crippen MR) is 116 cm³/mol. The van der Waals surface area contributed by atoms with E-state index in [1.165, 1.54) is 37.3 Å². The Balaban J connectivity index is 1.54. The lowest BCUT2D eigenvalue weighted by Gasteiger charge is -2.33. The zero-order valence-corrected chi connectivity index (χ0v) is 17.4. The Morgan fingerprint density at radius 1 is 1.03 bits per heavy atom. The molecule has 0 aromatic heterocycles. The van der Waals surface area contributed by atoms with Crippen molar-refractivity contribution in [3.63, 3.8) is 0 Å². The van der Waals surface area contributed by atoms with Crippen LogP contribution >= 0.6 is 0 Å². The Labute approximate surface area is 173 Å². The van der Waals surface area contributed by atoms with Crippen LogP contribution < -0.4 is 10.6 Å². The van der Waals surface area contributed by atoms with Gasteiger partial charge in [-0.3, -0.25) is 14.5 Å². The number of nitrogens with zero attached hydrogens (tertiary/aromatic N) is 1. The summed E-state index contributed by atoms with van der Waals surface area (Å²) in [7, 11) is 0. The van der Waals surface area contributed by atoms with Gasteiger partial charge in [0, 0.05) is 31.7 Å². The van der Waals surface area contributed by atoms with E-state index in [0.29, 0.717) is 19.0 Å². The first-order valence-corrected chi connectivity index (χ1v) is 10.5. The molecule has 1 fully saturated rings. The van der Waals surface area contributed by atoms with Crippen molar-refractivity contribution < 1.29 is 9.59 Å².